The standard InChI is InChI=1S/C15H17FN2OS/c1-9(11-6-4-5-7-12(11)16)18(3)15(19)14-8-13(17)10(2)20-14/h4-9H,17H2,1-3H3. The number of amides is 1. The van der Waals surface area contributed by atoms with Crippen molar-refractivity contribution in [3.63, 3.8) is 0 Å². The van der Waals surface area contributed by atoms with Gasteiger partial charge in [-0.1, -0.05) is 18.2 Å². The molecule has 1 aromatic carbocycles. The molecule has 2 aromatic rings. The third kappa shape index (κ3) is 2.67. The minimum Gasteiger partial charge on any atom is -0.398 e. The Bertz CT molecular complexity index is 619. The molecule has 106 valence electrons. The lowest BCUT2D eigenvalue weighted by atomic mass is 10.1. The molecule has 0 spiro atoms. The maximum absolute atomic E-state index is 13.8. The van der Waals surface area contributed by atoms with Crippen LogP contribution in [-0.4, -0.2) is 17.9 Å². The zero-order chi connectivity index (χ0) is 14.9. The van der Waals surface area contributed by atoms with Gasteiger partial charge in [0.1, 0.15) is 5.82 Å². The number of halogens is 1. The Morgan fingerprint density at radius 1 is 1.40 bits per heavy atom. The zero-order valence-corrected chi connectivity index (χ0v) is 12.5. The highest BCUT2D eigenvalue weighted by Crippen LogP contribution is 2.28. The number of anilines is 1. The summed E-state index contributed by atoms with van der Waals surface area (Å²) in [5.74, 6) is -0.452. The average Bonchev–Trinajstić information content (AvgIpc) is 2.77. The molecule has 2 N–H and O–H groups in total. The number of thiophene rings is 1. The largest absolute Gasteiger partial charge is 0.398 e. The maximum Gasteiger partial charge on any atom is 0.264 e. The van der Waals surface area contributed by atoms with Gasteiger partial charge in [-0.2, -0.15) is 0 Å². The lowest BCUT2D eigenvalue weighted by molar-refractivity contribution is 0.0745. The van der Waals surface area contributed by atoms with E-state index in [0.29, 0.717) is 16.1 Å². The van der Waals surface area contributed by atoms with Crippen molar-refractivity contribution >= 4 is 22.9 Å². The predicted octanol–water partition coefficient (Wildman–Crippen LogP) is 3.61. The number of nitrogens with zero attached hydrogens (tertiary/aromatic N) is 1. The first-order valence-electron chi connectivity index (χ1n) is 6.29. The molecule has 3 nitrogen and oxygen atoms in total. The van der Waals surface area contributed by atoms with Crippen LogP contribution in [0.15, 0.2) is 30.3 Å². The highest BCUT2D eigenvalue weighted by molar-refractivity contribution is 7.14. The van der Waals surface area contributed by atoms with Gasteiger partial charge >= 0.3 is 0 Å². The van der Waals surface area contributed by atoms with E-state index in [-0.39, 0.29) is 17.8 Å². The summed E-state index contributed by atoms with van der Waals surface area (Å²) in [6.07, 6.45) is 0. The number of hydrogen-bond acceptors (Lipinski definition) is 3. The van der Waals surface area contributed by atoms with Gasteiger partial charge in [0.25, 0.3) is 5.91 Å². The van der Waals surface area contributed by atoms with E-state index in [9.17, 15) is 9.18 Å². The van der Waals surface area contributed by atoms with Crippen LogP contribution in [0.25, 0.3) is 0 Å². The van der Waals surface area contributed by atoms with Gasteiger partial charge in [0.2, 0.25) is 0 Å². The van der Waals surface area contributed by atoms with Crippen LogP contribution in [0.4, 0.5) is 10.1 Å². The normalized spacial score (nSPS) is 12.2. The van der Waals surface area contributed by atoms with Crippen LogP contribution >= 0.6 is 11.3 Å². The quantitative estimate of drug-likeness (QED) is 0.939. The molecule has 0 saturated carbocycles. The van der Waals surface area contributed by atoms with Crippen LogP contribution in [0.3, 0.4) is 0 Å². The Kier molecular flexibility index (Phi) is 4.09. The number of rotatable bonds is 3. The Morgan fingerprint density at radius 2 is 2.05 bits per heavy atom. The van der Waals surface area contributed by atoms with Gasteiger partial charge in [-0.3, -0.25) is 4.79 Å². The third-order valence-electron chi connectivity index (χ3n) is 3.42. The Morgan fingerprint density at radius 3 is 2.60 bits per heavy atom. The summed E-state index contributed by atoms with van der Waals surface area (Å²) in [6.45, 7) is 3.68. The fourth-order valence-electron chi connectivity index (χ4n) is 1.97. The number of nitrogens with two attached hydrogens (primary N) is 1. The Balaban J connectivity index is 2.24. The Labute approximate surface area is 121 Å². The SMILES string of the molecule is Cc1sc(C(=O)N(C)C(C)c2ccccc2F)cc1N. The Hall–Kier alpha value is -1.88. The summed E-state index contributed by atoms with van der Waals surface area (Å²) in [4.78, 5) is 15.4. The van der Waals surface area contributed by atoms with Crippen molar-refractivity contribution in [2.75, 3.05) is 12.8 Å². The smallest absolute Gasteiger partial charge is 0.264 e. The minimum absolute atomic E-state index is 0.148. The van der Waals surface area contributed by atoms with Gasteiger partial charge in [0.05, 0.1) is 10.9 Å². The van der Waals surface area contributed by atoms with Gasteiger partial charge in [0, 0.05) is 23.2 Å². The second-order valence-electron chi connectivity index (χ2n) is 4.74. The minimum atomic E-state index is -0.340. The van der Waals surface area contributed by atoms with E-state index in [1.165, 1.54) is 22.3 Å². The molecule has 1 aromatic heterocycles. The van der Waals surface area contributed by atoms with Crippen LogP contribution in [0.1, 0.15) is 33.1 Å². The molecular weight excluding hydrogens is 275 g/mol. The van der Waals surface area contributed by atoms with Gasteiger partial charge in [0.15, 0.2) is 0 Å². The van der Waals surface area contributed by atoms with E-state index in [1.54, 1.807) is 38.2 Å². The van der Waals surface area contributed by atoms with Crippen molar-refractivity contribution in [3.8, 4) is 0 Å². The van der Waals surface area contributed by atoms with E-state index < -0.39 is 0 Å². The fourth-order valence-corrected chi connectivity index (χ4v) is 2.90. The highest BCUT2D eigenvalue weighted by Gasteiger charge is 2.22. The van der Waals surface area contributed by atoms with Crippen LogP contribution in [0, 0.1) is 12.7 Å². The molecule has 1 amide bonds. The van der Waals surface area contributed by atoms with E-state index in [2.05, 4.69) is 0 Å². The van der Waals surface area contributed by atoms with Gasteiger partial charge in [-0.25, -0.2) is 4.39 Å². The lowest BCUT2D eigenvalue weighted by Crippen LogP contribution is -2.29. The summed E-state index contributed by atoms with van der Waals surface area (Å²) in [6, 6.07) is 7.83. The number of hydrogen-bond donors (Lipinski definition) is 1. The molecule has 1 heterocycles. The summed E-state index contributed by atoms with van der Waals surface area (Å²) < 4.78 is 13.8. The number of carbonyl (C=O) groups excluding carboxylic acids is 1. The molecule has 0 fully saturated rings. The average molecular weight is 292 g/mol. The van der Waals surface area contributed by atoms with Crippen molar-refractivity contribution in [1.29, 1.82) is 0 Å². The molecule has 0 aliphatic heterocycles. The lowest BCUT2D eigenvalue weighted by Gasteiger charge is -2.25. The van der Waals surface area contributed by atoms with Crippen LogP contribution in [0.2, 0.25) is 0 Å². The fraction of sp³-hybridized carbons (Fsp3) is 0.267. The molecule has 0 aliphatic carbocycles. The molecule has 0 bridgehead atoms. The number of aryl methyl sites for hydroxylation is 1. The molecule has 1 unspecified atom stereocenters. The van der Waals surface area contributed by atoms with E-state index in [0.717, 1.165) is 4.88 Å². The monoisotopic (exact) mass is 292 g/mol. The first-order chi connectivity index (χ1) is 9.41. The summed E-state index contributed by atoms with van der Waals surface area (Å²) in [5, 5.41) is 0. The van der Waals surface area contributed by atoms with E-state index in [1.807, 2.05) is 6.92 Å². The number of carbonyl (C=O) groups is 1. The van der Waals surface area contributed by atoms with Gasteiger partial charge < -0.3 is 10.6 Å². The van der Waals surface area contributed by atoms with Crippen molar-refractivity contribution < 1.29 is 9.18 Å². The van der Waals surface area contributed by atoms with Crippen LogP contribution in [-0.2, 0) is 0 Å². The number of benzene rings is 1. The zero-order valence-electron chi connectivity index (χ0n) is 11.7. The van der Waals surface area contributed by atoms with Gasteiger partial charge in [-0.05, 0) is 26.0 Å². The molecule has 2 rings (SSSR count). The van der Waals surface area contributed by atoms with E-state index >= 15 is 0 Å². The predicted molar refractivity (Wildman–Crippen MR) is 80.4 cm³/mol. The summed E-state index contributed by atoms with van der Waals surface area (Å²) in [5.41, 5.74) is 6.89. The molecule has 0 radical (unpaired) electrons. The second kappa shape index (κ2) is 5.63. The maximum atomic E-state index is 13.8. The van der Waals surface area contributed by atoms with E-state index in [4.69, 9.17) is 5.73 Å². The number of nitrogen functional groups attached to an aromatic ring is 1. The topological polar surface area (TPSA) is 46.3 Å². The molecule has 5 heteroatoms. The molecule has 20 heavy (non-hydrogen) atoms. The van der Waals surface area contributed by atoms with Crippen molar-refractivity contribution in [1.82, 2.24) is 4.90 Å². The molecule has 1 atom stereocenters. The first kappa shape index (κ1) is 14.5. The van der Waals surface area contributed by atoms with Crippen molar-refractivity contribution in [3.05, 3.63) is 51.5 Å². The van der Waals surface area contributed by atoms with Crippen molar-refractivity contribution in [2.24, 2.45) is 0 Å². The van der Waals surface area contributed by atoms with Crippen LogP contribution in [0.5, 0.6) is 0 Å². The second-order valence-corrected chi connectivity index (χ2v) is 5.99. The van der Waals surface area contributed by atoms with Crippen LogP contribution < -0.4 is 5.73 Å². The summed E-state index contributed by atoms with van der Waals surface area (Å²) >= 11 is 1.36. The first-order valence-corrected chi connectivity index (χ1v) is 7.11. The molecule has 0 aliphatic rings. The summed E-state index contributed by atoms with van der Waals surface area (Å²) in [7, 11) is 1.67. The third-order valence-corrected chi connectivity index (χ3v) is 4.48. The molecular formula is C15H17FN2OS. The highest BCUT2D eigenvalue weighted by atomic mass is 32.1. The molecule has 0 saturated heterocycles. The van der Waals surface area contributed by atoms with Gasteiger partial charge in [-0.15, -0.1) is 11.3 Å². The van der Waals surface area contributed by atoms with Crippen molar-refractivity contribution in [2.45, 2.75) is 19.9 Å².